The fourth-order valence-electron chi connectivity index (χ4n) is 3.27. The summed E-state index contributed by atoms with van der Waals surface area (Å²) < 4.78 is 0. The predicted octanol–water partition coefficient (Wildman–Crippen LogP) is 4.32. The van der Waals surface area contributed by atoms with E-state index in [0.29, 0.717) is 5.91 Å². The molecule has 2 aliphatic heterocycles. The molecule has 2 heterocycles. The van der Waals surface area contributed by atoms with Crippen LogP contribution in [0.5, 0.6) is 0 Å². The first-order valence-corrected chi connectivity index (χ1v) is 9.59. The van der Waals surface area contributed by atoms with Crippen molar-refractivity contribution in [3.05, 3.63) is 0 Å². The molecule has 2 fully saturated rings. The predicted molar refractivity (Wildman–Crippen MR) is 97.0 cm³/mol. The molecule has 1 N–H and O–H groups in total. The second-order valence-corrected chi connectivity index (χ2v) is 6.61. The van der Waals surface area contributed by atoms with Crippen LogP contribution in [-0.2, 0) is 4.79 Å². The largest absolute Gasteiger partial charge is 0.342 e. The lowest BCUT2D eigenvalue weighted by Gasteiger charge is -2.38. The second kappa shape index (κ2) is 12.9. The zero-order valence-electron chi connectivity index (χ0n) is 16.0. The first kappa shape index (κ1) is 21.4. The molecule has 0 spiro atoms. The number of hydrogen-bond donors (Lipinski definition) is 1. The zero-order valence-corrected chi connectivity index (χ0v) is 16.0. The Kier molecular flexibility index (Phi) is 12.6. The maximum Gasteiger partial charge on any atom is 0.225 e. The van der Waals surface area contributed by atoms with Crippen LogP contribution in [0.1, 0.15) is 73.6 Å². The van der Waals surface area contributed by atoms with Gasteiger partial charge in [0, 0.05) is 19.0 Å². The molecule has 3 nitrogen and oxygen atoms in total. The van der Waals surface area contributed by atoms with E-state index in [0.717, 1.165) is 24.9 Å². The van der Waals surface area contributed by atoms with Crippen molar-refractivity contribution in [3.63, 3.8) is 0 Å². The van der Waals surface area contributed by atoms with E-state index in [9.17, 15) is 4.79 Å². The van der Waals surface area contributed by atoms with Gasteiger partial charge in [0.15, 0.2) is 0 Å². The SMILES string of the molecule is CC.CC(C)C(=O)N1CCC(C2CCNCC2)CC1.CCC. The van der Waals surface area contributed by atoms with Gasteiger partial charge in [0.25, 0.3) is 0 Å². The van der Waals surface area contributed by atoms with E-state index in [-0.39, 0.29) is 5.92 Å². The summed E-state index contributed by atoms with van der Waals surface area (Å²) in [6.07, 6.45) is 6.37. The van der Waals surface area contributed by atoms with E-state index in [1.807, 2.05) is 27.7 Å². The van der Waals surface area contributed by atoms with Gasteiger partial charge in [-0.3, -0.25) is 4.79 Å². The lowest BCUT2D eigenvalue weighted by atomic mass is 9.79. The first-order chi connectivity index (χ1) is 10.6. The summed E-state index contributed by atoms with van der Waals surface area (Å²) >= 11 is 0. The quantitative estimate of drug-likeness (QED) is 0.823. The Morgan fingerprint density at radius 1 is 1.00 bits per heavy atom. The molecular weight excluding hydrogens is 272 g/mol. The van der Waals surface area contributed by atoms with E-state index in [1.54, 1.807) is 0 Å². The van der Waals surface area contributed by atoms with Crippen molar-refractivity contribution >= 4 is 5.91 Å². The molecule has 0 aromatic heterocycles. The third-order valence-electron chi connectivity index (χ3n) is 4.40. The van der Waals surface area contributed by atoms with Crippen LogP contribution in [0.25, 0.3) is 0 Å². The third kappa shape index (κ3) is 7.62. The monoisotopic (exact) mass is 312 g/mol. The molecule has 22 heavy (non-hydrogen) atoms. The van der Waals surface area contributed by atoms with E-state index in [4.69, 9.17) is 0 Å². The summed E-state index contributed by atoms with van der Waals surface area (Å²) in [4.78, 5) is 14.0. The van der Waals surface area contributed by atoms with Gasteiger partial charge in [-0.25, -0.2) is 0 Å². The van der Waals surface area contributed by atoms with E-state index in [1.165, 1.54) is 45.2 Å². The van der Waals surface area contributed by atoms with Crippen LogP contribution in [0, 0.1) is 17.8 Å². The van der Waals surface area contributed by atoms with E-state index >= 15 is 0 Å². The molecule has 2 rings (SSSR count). The fourth-order valence-corrected chi connectivity index (χ4v) is 3.27. The van der Waals surface area contributed by atoms with Crippen molar-refractivity contribution in [3.8, 4) is 0 Å². The summed E-state index contributed by atoms with van der Waals surface area (Å²) in [5, 5.41) is 3.43. The highest BCUT2D eigenvalue weighted by atomic mass is 16.2. The summed E-state index contributed by atoms with van der Waals surface area (Å²) in [5.74, 6) is 2.28. The first-order valence-electron chi connectivity index (χ1n) is 9.59. The fraction of sp³-hybridized carbons (Fsp3) is 0.947. The highest BCUT2D eigenvalue weighted by Crippen LogP contribution is 2.31. The maximum atomic E-state index is 11.9. The van der Waals surface area contributed by atoms with Crippen molar-refractivity contribution in [2.75, 3.05) is 26.2 Å². The Bertz CT molecular complexity index is 265. The maximum absolute atomic E-state index is 11.9. The number of carbonyl (C=O) groups excluding carboxylic acids is 1. The normalized spacial score (nSPS) is 19.9. The Morgan fingerprint density at radius 2 is 1.41 bits per heavy atom. The average molecular weight is 313 g/mol. The molecule has 132 valence electrons. The average Bonchev–Trinajstić information content (AvgIpc) is 2.57. The zero-order chi connectivity index (χ0) is 17.0. The van der Waals surface area contributed by atoms with Crippen molar-refractivity contribution in [1.82, 2.24) is 10.2 Å². The Morgan fingerprint density at radius 3 is 1.82 bits per heavy atom. The highest BCUT2D eigenvalue weighted by molar-refractivity contribution is 5.78. The number of nitrogens with one attached hydrogen (secondary N) is 1. The van der Waals surface area contributed by atoms with Crippen molar-refractivity contribution < 1.29 is 4.79 Å². The summed E-state index contributed by atoms with van der Waals surface area (Å²) in [6, 6.07) is 0. The van der Waals surface area contributed by atoms with Gasteiger partial charge in [-0.05, 0) is 50.6 Å². The third-order valence-corrected chi connectivity index (χ3v) is 4.40. The topological polar surface area (TPSA) is 32.3 Å². The second-order valence-electron chi connectivity index (χ2n) is 6.61. The van der Waals surface area contributed by atoms with Crippen molar-refractivity contribution in [2.24, 2.45) is 17.8 Å². The minimum atomic E-state index is 0.158. The number of rotatable bonds is 2. The van der Waals surface area contributed by atoms with Gasteiger partial charge in [0.05, 0.1) is 0 Å². The molecular formula is C19H40N2O. The smallest absolute Gasteiger partial charge is 0.225 e. The number of hydrogen-bond acceptors (Lipinski definition) is 2. The Labute approximate surface area is 139 Å². The molecule has 2 saturated heterocycles. The molecule has 2 aliphatic rings. The Hall–Kier alpha value is -0.570. The van der Waals surface area contributed by atoms with Gasteiger partial charge in [0.1, 0.15) is 0 Å². The summed E-state index contributed by atoms with van der Waals surface area (Å²) in [7, 11) is 0. The molecule has 0 unspecified atom stereocenters. The minimum Gasteiger partial charge on any atom is -0.342 e. The molecule has 0 aliphatic carbocycles. The van der Waals surface area contributed by atoms with Crippen molar-refractivity contribution in [1.29, 1.82) is 0 Å². The van der Waals surface area contributed by atoms with Gasteiger partial charge in [-0.2, -0.15) is 0 Å². The number of carbonyl (C=O) groups is 1. The Balaban J connectivity index is 0.000000789. The number of piperidine rings is 2. The summed E-state index contributed by atoms with van der Waals surface area (Å²) in [6.45, 7) is 16.6. The van der Waals surface area contributed by atoms with Crippen LogP contribution >= 0.6 is 0 Å². The molecule has 0 bridgehead atoms. The molecule has 3 heteroatoms. The number of nitrogens with zero attached hydrogens (tertiary/aromatic N) is 1. The van der Waals surface area contributed by atoms with Crippen LogP contribution in [0.15, 0.2) is 0 Å². The standard InChI is InChI=1S/C14H26N2O.C3H8.C2H6/c1-11(2)14(17)16-9-5-13(6-10-16)12-3-7-15-8-4-12;1-3-2;1-2/h11-13,15H,3-10H2,1-2H3;3H2,1-2H3;1-2H3. The van der Waals surface area contributed by atoms with E-state index in [2.05, 4.69) is 24.1 Å². The van der Waals surface area contributed by atoms with Gasteiger partial charge < -0.3 is 10.2 Å². The van der Waals surface area contributed by atoms with Crippen LogP contribution in [0.3, 0.4) is 0 Å². The van der Waals surface area contributed by atoms with Gasteiger partial charge in [-0.1, -0.05) is 48.0 Å². The molecule has 0 aromatic rings. The number of likely N-dealkylation sites (tertiary alicyclic amines) is 1. The van der Waals surface area contributed by atoms with Gasteiger partial charge >= 0.3 is 0 Å². The van der Waals surface area contributed by atoms with Crippen molar-refractivity contribution in [2.45, 2.75) is 73.6 Å². The number of amides is 1. The van der Waals surface area contributed by atoms with Crippen LogP contribution < -0.4 is 5.32 Å². The minimum absolute atomic E-state index is 0.158. The van der Waals surface area contributed by atoms with Crippen LogP contribution in [0.2, 0.25) is 0 Å². The van der Waals surface area contributed by atoms with Crippen LogP contribution in [-0.4, -0.2) is 37.0 Å². The highest BCUT2D eigenvalue weighted by Gasteiger charge is 2.29. The van der Waals surface area contributed by atoms with E-state index < -0.39 is 0 Å². The van der Waals surface area contributed by atoms with Gasteiger partial charge in [0.2, 0.25) is 5.91 Å². The lowest BCUT2D eigenvalue weighted by Crippen LogP contribution is -2.43. The van der Waals surface area contributed by atoms with Crippen LogP contribution in [0.4, 0.5) is 0 Å². The molecule has 0 radical (unpaired) electrons. The molecule has 0 saturated carbocycles. The molecule has 1 amide bonds. The lowest BCUT2D eigenvalue weighted by molar-refractivity contribution is -0.136. The van der Waals surface area contributed by atoms with Gasteiger partial charge in [-0.15, -0.1) is 0 Å². The molecule has 0 aromatic carbocycles. The summed E-state index contributed by atoms with van der Waals surface area (Å²) in [5.41, 5.74) is 0. The molecule has 0 atom stereocenters.